The highest BCUT2D eigenvalue weighted by Crippen LogP contribution is 2.30. The normalized spacial score (nSPS) is 14.7. The van der Waals surface area contributed by atoms with Gasteiger partial charge in [0.25, 0.3) is 0 Å². The quantitative estimate of drug-likeness (QED) is 0.777. The second-order valence-corrected chi connectivity index (χ2v) is 6.46. The van der Waals surface area contributed by atoms with E-state index in [4.69, 9.17) is 5.73 Å². The van der Waals surface area contributed by atoms with E-state index >= 15 is 0 Å². The highest BCUT2D eigenvalue weighted by molar-refractivity contribution is 5.52. The molecule has 0 atom stereocenters. The summed E-state index contributed by atoms with van der Waals surface area (Å²) >= 11 is 0. The van der Waals surface area contributed by atoms with Crippen LogP contribution < -0.4 is 27.6 Å². The predicted molar refractivity (Wildman–Crippen MR) is 103 cm³/mol. The number of H-pyrrole nitrogens is 1. The van der Waals surface area contributed by atoms with E-state index in [0.29, 0.717) is 5.56 Å². The molecule has 0 spiro atoms. The number of nitrogens with zero attached hydrogens (tertiary/aromatic N) is 1. The van der Waals surface area contributed by atoms with Gasteiger partial charge in [0, 0.05) is 5.70 Å². The van der Waals surface area contributed by atoms with Gasteiger partial charge < -0.3 is 10.7 Å². The van der Waals surface area contributed by atoms with Gasteiger partial charge in [0.05, 0.1) is 22.8 Å². The van der Waals surface area contributed by atoms with Crippen LogP contribution in [0.5, 0.6) is 0 Å². The Labute approximate surface area is 159 Å². The van der Waals surface area contributed by atoms with Crippen molar-refractivity contribution >= 4 is 11.8 Å². The Hall–Kier alpha value is -3.03. The van der Waals surface area contributed by atoms with Crippen LogP contribution in [-0.4, -0.2) is 15.7 Å². The summed E-state index contributed by atoms with van der Waals surface area (Å²) in [6.45, 7) is 4.37. The average Bonchev–Trinajstić information content (AvgIpc) is 2.63. The van der Waals surface area contributed by atoms with E-state index in [1.807, 2.05) is 0 Å². The summed E-state index contributed by atoms with van der Waals surface area (Å²) in [5, 5.41) is -0.0974. The van der Waals surface area contributed by atoms with E-state index in [-0.39, 0.29) is 34.9 Å². The van der Waals surface area contributed by atoms with Crippen molar-refractivity contribution in [2.45, 2.75) is 39.9 Å². The topological polar surface area (TPSA) is 80.9 Å². The van der Waals surface area contributed by atoms with E-state index in [1.54, 1.807) is 37.3 Å². The first-order valence-corrected chi connectivity index (χ1v) is 8.68. The number of allylic oxidation sites excluding steroid dienone is 2. The van der Waals surface area contributed by atoms with E-state index in [0.717, 1.165) is 10.6 Å². The van der Waals surface area contributed by atoms with Crippen LogP contribution in [0.25, 0.3) is 11.8 Å². The summed E-state index contributed by atoms with van der Waals surface area (Å²) in [5.41, 5.74) is 3.91. The highest BCUT2D eigenvalue weighted by atomic mass is 19.4. The molecule has 0 unspecified atom stereocenters. The second kappa shape index (κ2) is 8.33. The van der Waals surface area contributed by atoms with Crippen LogP contribution in [0.1, 0.15) is 32.8 Å². The molecule has 28 heavy (non-hydrogen) atoms. The van der Waals surface area contributed by atoms with E-state index in [9.17, 15) is 22.8 Å². The zero-order valence-corrected chi connectivity index (χ0v) is 15.9. The van der Waals surface area contributed by atoms with Crippen molar-refractivity contribution in [1.29, 1.82) is 0 Å². The van der Waals surface area contributed by atoms with Gasteiger partial charge in [-0.2, -0.15) is 13.2 Å². The molecule has 1 aromatic heterocycles. The van der Waals surface area contributed by atoms with Gasteiger partial charge in [-0.3, -0.25) is 14.2 Å². The van der Waals surface area contributed by atoms with Gasteiger partial charge in [0.15, 0.2) is 0 Å². The van der Waals surface area contributed by atoms with Gasteiger partial charge in [-0.15, -0.1) is 0 Å². The lowest BCUT2D eigenvalue weighted by Crippen LogP contribution is -2.54. The second-order valence-electron chi connectivity index (χ2n) is 6.46. The molecular weight excluding hydrogens is 371 g/mol. The average molecular weight is 393 g/mol. The third kappa shape index (κ3) is 4.62. The standard InChI is InChI=1S/C20H22F3N3O2/c1-4-12(2)15(20(21,22)23)10-16-17(13(3)24)25-18(27)19(28)26(16)11-14-8-6-5-7-9-14/h5-10H,4,11,24H2,1-3H3,(H,25,27)/b15-12-,16-10+,17-13-. The number of rotatable bonds is 4. The van der Waals surface area contributed by atoms with Crippen molar-refractivity contribution in [2.24, 2.45) is 5.73 Å². The lowest BCUT2D eigenvalue weighted by molar-refractivity contribution is -0.0874. The van der Waals surface area contributed by atoms with Crippen molar-refractivity contribution < 1.29 is 13.2 Å². The van der Waals surface area contributed by atoms with Crippen molar-refractivity contribution in [1.82, 2.24) is 9.55 Å². The van der Waals surface area contributed by atoms with E-state index in [2.05, 4.69) is 4.98 Å². The molecule has 0 saturated heterocycles. The first-order chi connectivity index (χ1) is 13.1. The highest BCUT2D eigenvalue weighted by Gasteiger charge is 2.33. The molecule has 0 aliphatic heterocycles. The zero-order chi connectivity index (χ0) is 21.1. The molecule has 0 bridgehead atoms. The van der Waals surface area contributed by atoms with Gasteiger partial charge in [-0.25, -0.2) is 0 Å². The molecule has 0 aliphatic carbocycles. The molecule has 0 radical (unpaired) electrons. The third-order valence-electron chi connectivity index (χ3n) is 4.38. The van der Waals surface area contributed by atoms with Gasteiger partial charge >= 0.3 is 17.3 Å². The molecule has 5 nitrogen and oxygen atoms in total. The molecular formula is C20H22F3N3O2. The van der Waals surface area contributed by atoms with Gasteiger partial charge in [-0.1, -0.05) is 42.8 Å². The fraction of sp³-hybridized carbons (Fsp3) is 0.300. The van der Waals surface area contributed by atoms with Gasteiger partial charge in [0.2, 0.25) is 0 Å². The minimum absolute atomic E-state index is 0.00816. The fourth-order valence-electron chi connectivity index (χ4n) is 2.75. The number of halogens is 3. The fourth-order valence-corrected chi connectivity index (χ4v) is 2.75. The van der Waals surface area contributed by atoms with Crippen LogP contribution in [-0.2, 0) is 6.54 Å². The predicted octanol–water partition coefficient (Wildman–Crippen LogP) is 1.74. The monoisotopic (exact) mass is 393 g/mol. The first kappa shape index (κ1) is 21.3. The molecule has 1 aromatic carbocycles. The number of nitrogens with two attached hydrogens (primary N) is 1. The van der Waals surface area contributed by atoms with Crippen LogP contribution in [0.3, 0.4) is 0 Å². The van der Waals surface area contributed by atoms with Gasteiger partial charge in [0.1, 0.15) is 0 Å². The maximum atomic E-state index is 13.6. The number of aromatic amines is 1. The molecule has 2 rings (SSSR count). The Balaban J connectivity index is 3.00. The summed E-state index contributed by atoms with van der Waals surface area (Å²) in [6.07, 6.45) is -3.56. The summed E-state index contributed by atoms with van der Waals surface area (Å²) in [4.78, 5) is 26.9. The largest absolute Gasteiger partial charge is 0.416 e. The van der Waals surface area contributed by atoms with E-state index in [1.165, 1.54) is 13.8 Å². The molecule has 0 saturated carbocycles. The Morgan fingerprint density at radius 3 is 2.29 bits per heavy atom. The van der Waals surface area contributed by atoms with Crippen LogP contribution >= 0.6 is 0 Å². The van der Waals surface area contributed by atoms with Crippen molar-refractivity contribution in [2.75, 3.05) is 0 Å². The molecule has 2 aromatic rings. The number of aromatic nitrogens is 2. The Morgan fingerprint density at radius 1 is 1.18 bits per heavy atom. The van der Waals surface area contributed by atoms with Gasteiger partial charge in [-0.05, 0) is 31.9 Å². The first-order valence-electron chi connectivity index (χ1n) is 8.68. The molecule has 3 N–H and O–H groups in total. The molecule has 8 heteroatoms. The SMILES string of the molecule is CC/C(C)=C(/C=c1\c(=C(/C)N)[nH]c(=O)c(=O)n1Cc1ccccc1)C(F)(F)F. The summed E-state index contributed by atoms with van der Waals surface area (Å²) in [6, 6.07) is 8.68. The molecule has 0 amide bonds. The summed E-state index contributed by atoms with van der Waals surface area (Å²) in [5.74, 6) is 0. The van der Waals surface area contributed by atoms with Crippen LogP contribution in [0.2, 0.25) is 0 Å². The summed E-state index contributed by atoms with van der Waals surface area (Å²) < 4.78 is 41.9. The Morgan fingerprint density at radius 2 is 1.79 bits per heavy atom. The summed E-state index contributed by atoms with van der Waals surface area (Å²) in [7, 11) is 0. The maximum Gasteiger partial charge on any atom is 0.416 e. The molecule has 0 aliphatic rings. The van der Waals surface area contributed by atoms with Crippen LogP contribution in [0, 0.1) is 0 Å². The van der Waals surface area contributed by atoms with Crippen LogP contribution in [0.15, 0.2) is 51.1 Å². The number of nitrogens with one attached hydrogen (secondary N) is 1. The molecule has 1 heterocycles. The number of benzene rings is 1. The lowest BCUT2D eigenvalue weighted by Gasteiger charge is -2.13. The Bertz CT molecular complexity index is 1120. The molecule has 150 valence electrons. The number of hydrogen-bond acceptors (Lipinski definition) is 3. The number of hydrogen-bond donors (Lipinski definition) is 2. The smallest absolute Gasteiger partial charge is 0.401 e. The Kier molecular flexibility index (Phi) is 6.33. The number of alkyl halides is 3. The molecule has 0 fully saturated rings. The van der Waals surface area contributed by atoms with Crippen LogP contribution in [0.4, 0.5) is 13.2 Å². The minimum atomic E-state index is -4.62. The van der Waals surface area contributed by atoms with Crippen molar-refractivity contribution in [3.8, 4) is 0 Å². The lowest BCUT2D eigenvalue weighted by atomic mass is 10.1. The van der Waals surface area contributed by atoms with Crippen molar-refractivity contribution in [3.63, 3.8) is 0 Å². The maximum absolute atomic E-state index is 13.6. The minimum Gasteiger partial charge on any atom is -0.401 e. The van der Waals surface area contributed by atoms with Crippen molar-refractivity contribution in [3.05, 3.63) is 78.4 Å². The van der Waals surface area contributed by atoms with E-state index < -0.39 is 22.9 Å². The third-order valence-corrected chi connectivity index (χ3v) is 4.38. The zero-order valence-electron chi connectivity index (χ0n) is 15.9.